The fourth-order valence-corrected chi connectivity index (χ4v) is 3.34. The summed E-state index contributed by atoms with van der Waals surface area (Å²) in [5.41, 5.74) is 2.14. The molecule has 0 bridgehead atoms. The van der Waals surface area contributed by atoms with E-state index >= 15 is 0 Å². The van der Waals surface area contributed by atoms with Crippen molar-refractivity contribution in [3.8, 4) is 0 Å². The topological polar surface area (TPSA) is 53.9 Å². The number of aryl methyl sites for hydroxylation is 1. The smallest absolute Gasteiger partial charge is 0.227 e. The van der Waals surface area contributed by atoms with Gasteiger partial charge >= 0.3 is 0 Å². The van der Waals surface area contributed by atoms with Crippen molar-refractivity contribution in [1.29, 1.82) is 0 Å². The summed E-state index contributed by atoms with van der Waals surface area (Å²) in [6.45, 7) is 11.0. The van der Waals surface area contributed by atoms with Gasteiger partial charge in [0.2, 0.25) is 11.8 Å². The molecule has 1 atom stereocenters. The minimum absolute atomic E-state index is 0.00979. The Morgan fingerprint density at radius 3 is 2.48 bits per heavy atom. The highest BCUT2D eigenvalue weighted by Crippen LogP contribution is 2.25. The molecule has 5 nitrogen and oxygen atoms in total. The van der Waals surface area contributed by atoms with E-state index in [1.54, 1.807) is 9.80 Å². The summed E-state index contributed by atoms with van der Waals surface area (Å²) in [7, 11) is 0. The molecule has 1 saturated heterocycles. The van der Waals surface area contributed by atoms with E-state index < -0.39 is 0 Å². The molecule has 0 aromatic heterocycles. The number of carbonyl (C=O) groups excluding carboxylic acids is 2. The van der Waals surface area contributed by atoms with Crippen molar-refractivity contribution in [2.75, 3.05) is 37.6 Å². The van der Waals surface area contributed by atoms with Gasteiger partial charge in [0.25, 0.3) is 0 Å². The van der Waals surface area contributed by atoms with Crippen LogP contribution in [0.2, 0.25) is 0 Å². The highest BCUT2D eigenvalue weighted by Gasteiger charge is 2.34. The number of nitrogens with zero attached hydrogens (tertiary/aromatic N) is 1. The largest absolute Gasteiger partial charge is 0.356 e. The maximum Gasteiger partial charge on any atom is 0.227 e. The van der Waals surface area contributed by atoms with Gasteiger partial charge in [0, 0.05) is 31.6 Å². The van der Waals surface area contributed by atoms with E-state index in [2.05, 4.69) is 26.1 Å². The molecule has 138 valence electrons. The van der Waals surface area contributed by atoms with Gasteiger partial charge in [-0.2, -0.15) is 0 Å². The Bertz CT molecular complexity index is 567. The van der Waals surface area contributed by atoms with Gasteiger partial charge < -0.3 is 15.1 Å². The number of amides is 2. The van der Waals surface area contributed by atoms with Crippen LogP contribution >= 0.6 is 0 Å². The molecule has 5 heteroatoms. The lowest BCUT2D eigenvalue weighted by Crippen LogP contribution is -3.11. The van der Waals surface area contributed by atoms with E-state index in [1.165, 1.54) is 5.56 Å². The Morgan fingerprint density at radius 1 is 1.20 bits per heavy atom. The normalized spacial score (nSPS) is 17.4. The van der Waals surface area contributed by atoms with Crippen molar-refractivity contribution >= 4 is 17.5 Å². The molecule has 1 aliphatic rings. The molecule has 0 radical (unpaired) electrons. The van der Waals surface area contributed by atoms with Crippen molar-refractivity contribution in [3.05, 3.63) is 29.8 Å². The molecule has 1 aromatic carbocycles. The molecule has 1 aromatic rings. The average molecular weight is 346 g/mol. The van der Waals surface area contributed by atoms with Crippen molar-refractivity contribution < 1.29 is 14.5 Å². The third kappa shape index (κ3) is 5.30. The van der Waals surface area contributed by atoms with Crippen molar-refractivity contribution in [1.82, 2.24) is 5.32 Å². The van der Waals surface area contributed by atoms with Gasteiger partial charge in [-0.15, -0.1) is 0 Å². The lowest BCUT2D eigenvalue weighted by atomic mass is 10.1. The van der Waals surface area contributed by atoms with Crippen LogP contribution in [0.1, 0.15) is 39.2 Å². The van der Waals surface area contributed by atoms with E-state index in [-0.39, 0.29) is 17.7 Å². The van der Waals surface area contributed by atoms with Crippen molar-refractivity contribution in [2.45, 2.75) is 40.0 Å². The van der Waals surface area contributed by atoms with E-state index in [0.717, 1.165) is 38.2 Å². The van der Waals surface area contributed by atoms with Crippen LogP contribution in [-0.2, 0) is 16.0 Å². The van der Waals surface area contributed by atoms with Crippen molar-refractivity contribution in [3.63, 3.8) is 0 Å². The zero-order valence-corrected chi connectivity index (χ0v) is 15.8. The Labute approximate surface area is 151 Å². The fourth-order valence-electron chi connectivity index (χ4n) is 3.34. The predicted octanol–water partition coefficient (Wildman–Crippen LogP) is 1.03. The third-order valence-electron chi connectivity index (χ3n) is 5.16. The number of anilines is 1. The molecule has 25 heavy (non-hydrogen) atoms. The van der Waals surface area contributed by atoms with Crippen LogP contribution in [0, 0.1) is 5.92 Å². The third-order valence-corrected chi connectivity index (χ3v) is 5.16. The number of hydrogen-bond donors (Lipinski definition) is 2. The first-order valence-electron chi connectivity index (χ1n) is 9.59. The molecule has 0 aliphatic carbocycles. The van der Waals surface area contributed by atoms with Crippen molar-refractivity contribution in [2.24, 2.45) is 5.92 Å². The monoisotopic (exact) mass is 346 g/mol. The quantitative estimate of drug-likeness (QED) is 0.656. The number of benzene rings is 1. The van der Waals surface area contributed by atoms with Crippen LogP contribution in [0.4, 0.5) is 5.69 Å². The first-order chi connectivity index (χ1) is 12.1. The summed E-state index contributed by atoms with van der Waals surface area (Å²) in [6.07, 6.45) is 2.27. The summed E-state index contributed by atoms with van der Waals surface area (Å²) in [4.78, 5) is 27.9. The lowest BCUT2D eigenvalue weighted by Gasteiger charge is -2.17. The number of hydrogen-bond acceptors (Lipinski definition) is 2. The van der Waals surface area contributed by atoms with Gasteiger partial charge in [-0.05, 0) is 38.0 Å². The standard InChI is InChI=1S/C20H31N3O2/c1-4-16-8-10-18(11-9-16)23-15-17(14-19(23)24)20(25)21-12-7-13-22(5-2)6-3/h8-11,17H,4-7,12-15H2,1-3H3,(H,21,25)/p+1/t17-/m1/s1. The molecule has 2 amide bonds. The molecule has 0 unspecified atom stereocenters. The van der Waals surface area contributed by atoms with Crippen LogP contribution < -0.4 is 15.1 Å². The number of carbonyl (C=O) groups is 2. The summed E-state index contributed by atoms with van der Waals surface area (Å²) in [6, 6.07) is 8.05. The summed E-state index contributed by atoms with van der Waals surface area (Å²) in [5.74, 6) is -0.188. The van der Waals surface area contributed by atoms with E-state index in [1.807, 2.05) is 24.3 Å². The van der Waals surface area contributed by atoms with Gasteiger partial charge in [0.05, 0.1) is 25.6 Å². The first-order valence-corrected chi connectivity index (χ1v) is 9.59. The number of rotatable bonds is 9. The van der Waals surface area contributed by atoms with E-state index in [0.29, 0.717) is 19.5 Å². The predicted molar refractivity (Wildman–Crippen MR) is 101 cm³/mol. The van der Waals surface area contributed by atoms with E-state index in [4.69, 9.17) is 0 Å². The zero-order valence-electron chi connectivity index (χ0n) is 15.8. The summed E-state index contributed by atoms with van der Waals surface area (Å²) < 4.78 is 0. The maximum atomic E-state index is 12.4. The Morgan fingerprint density at radius 2 is 1.88 bits per heavy atom. The Hall–Kier alpha value is -1.88. The first kappa shape index (κ1) is 19.4. The second kappa shape index (κ2) is 9.56. The molecular formula is C20H32N3O2+. The van der Waals surface area contributed by atoms with Gasteiger partial charge in [-0.25, -0.2) is 0 Å². The molecule has 1 fully saturated rings. The number of quaternary nitrogens is 1. The second-order valence-electron chi connectivity index (χ2n) is 6.78. The van der Waals surface area contributed by atoms with Gasteiger partial charge in [0.1, 0.15) is 0 Å². The molecule has 2 rings (SSSR count). The van der Waals surface area contributed by atoms with Gasteiger partial charge in [-0.1, -0.05) is 19.1 Å². The maximum absolute atomic E-state index is 12.4. The van der Waals surface area contributed by atoms with Crippen LogP contribution in [-0.4, -0.2) is 44.5 Å². The highest BCUT2D eigenvalue weighted by molar-refractivity contribution is 6.00. The van der Waals surface area contributed by atoms with Gasteiger partial charge in [-0.3, -0.25) is 9.59 Å². The molecule has 0 spiro atoms. The highest BCUT2D eigenvalue weighted by atomic mass is 16.2. The second-order valence-corrected chi connectivity index (χ2v) is 6.78. The summed E-state index contributed by atoms with van der Waals surface area (Å²) >= 11 is 0. The van der Waals surface area contributed by atoms with Crippen LogP contribution in [0.15, 0.2) is 24.3 Å². The Kier molecular flexibility index (Phi) is 7.44. The van der Waals surface area contributed by atoms with Crippen LogP contribution in [0.5, 0.6) is 0 Å². The van der Waals surface area contributed by atoms with Crippen LogP contribution in [0.3, 0.4) is 0 Å². The molecule has 1 heterocycles. The summed E-state index contributed by atoms with van der Waals surface area (Å²) in [5, 5.41) is 3.01. The fraction of sp³-hybridized carbons (Fsp3) is 0.600. The van der Waals surface area contributed by atoms with E-state index in [9.17, 15) is 9.59 Å². The number of nitrogens with one attached hydrogen (secondary N) is 2. The lowest BCUT2D eigenvalue weighted by molar-refractivity contribution is -0.896. The zero-order chi connectivity index (χ0) is 18.2. The molecular weight excluding hydrogens is 314 g/mol. The van der Waals surface area contributed by atoms with Crippen LogP contribution in [0.25, 0.3) is 0 Å². The molecule has 2 N–H and O–H groups in total. The average Bonchev–Trinajstić information content (AvgIpc) is 3.03. The van der Waals surface area contributed by atoms with Gasteiger partial charge in [0.15, 0.2) is 0 Å². The Balaban J connectivity index is 1.81. The minimum atomic E-state index is -0.237. The minimum Gasteiger partial charge on any atom is -0.356 e. The molecule has 1 aliphatic heterocycles. The molecule has 0 saturated carbocycles. The SMILES string of the molecule is CCc1ccc(N2C[C@H](C(=O)NCCC[NH+](CC)CC)CC2=O)cc1.